The molecule has 0 heterocycles. The Kier molecular flexibility index (Phi) is 5.64. The van der Waals surface area contributed by atoms with Gasteiger partial charge in [-0.2, -0.15) is 5.48 Å². The molecule has 0 saturated carbocycles. The van der Waals surface area contributed by atoms with Crippen molar-refractivity contribution in [3.05, 3.63) is 6.54 Å². The monoisotopic (exact) mass is 144 g/mol. The molecule has 0 fully saturated rings. The summed E-state index contributed by atoms with van der Waals surface area (Å²) in [4.78, 5) is 5.30. The number of hydroxylamine groups is 1. The molecular formula is C8H18NO. The fourth-order valence-corrected chi connectivity index (χ4v) is 0.846. The molecule has 0 spiro atoms. The molecule has 0 aliphatic carbocycles. The first-order valence-electron chi connectivity index (χ1n) is 3.91. The van der Waals surface area contributed by atoms with E-state index < -0.39 is 0 Å². The maximum Gasteiger partial charge on any atom is 0.0810 e. The van der Waals surface area contributed by atoms with Gasteiger partial charge in [-0.05, 0) is 19.3 Å². The van der Waals surface area contributed by atoms with Gasteiger partial charge in [0.05, 0.1) is 6.10 Å². The summed E-state index contributed by atoms with van der Waals surface area (Å²) in [6.45, 7) is 10.1. The molecule has 2 nitrogen and oxygen atoms in total. The maximum absolute atomic E-state index is 5.30. The van der Waals surface area contributed by atoms with Crippen LogP contribution in [0.5, 0.6) is 0 Å². The Bertz CT molecular complexity index is 73.7. The highest BCUT2D eigenvalue weighted by atomic mass is 16.7. The summed E-state index contributed by atoms with van der Waals surface area (Å²) in [5, 5.41) is 0. The zero-order valence-corrected chi connectivity index (χ0v) is 7.35. The highest BCUT2D eigenvalue weighted by Gasteiger charge is 2.10. The third-order valence-electron chi connectivity index (χ3n) is 1.48. The van der Waals surface area contributed by atoms with Crippen molar-refractivity contribution in [2.45, 2.75) is 40.2 Å². The van der Waals surface area contributed by atoms with Crippen LogP contribution < -0.4 is 5.48 Å². The Morgan fingerprint density at radius 3 is 2.40 bits per heavy atom. The SMILES string of the molecule is C[CH]NOC(CC)C(C)C. The van der Waals surface area contributed by atoms with Crippen LogP contribution >= 0.6 is 0 Å². The van der Waals surface area contributed by atoms with Crippen molar-refractivity contribution in [2.24, 2.45) is 5.92 Å². The summed E-state index contributed by atoms with van der Waals surface area (Å²) in [7, 11) is 0. The average Bonchev–Trinajstić information content (AvgIpc) is 1.89. The van der Waals surface area contributed by atoms with Gasteiger partial charge in [0.1, 0.15) is 0 Å². The molecule has 1 radical (unpaired) electrons. The molecule has 0 aromatic heterocycles. The number of hydrogen-bond donors (Lipinski definition) is 1. The lowest BCUT2D eigenvalue weighted by atomic mass is 10.1. The van der Waals surface area contributed by atoms with E-state index in [-0.39, 0.29) is 0 Å². The summed E-state index contributed by atoms with van der Waals surface area (Å²) < 4.78 is 0. The highest BCUT2D eigenvalue weighted by molar-refractivity contribution is 4.58. The average molecular weight is 144 g/mol. The third kappa shape index (κ3) is 3.85. The van der Waals surface area contributed by atoms with E-state index in [2.05, 4.69) is 26.3 Å². The predicted molar refractivity (Wildman–Crippen MR) is 43.1 cm³/mol. The van der Waals surface area contributed by atoms with Crippen molar-refractivity contribution in [2.75, 3.05) is 0 Å². The smallest absolute Gasteiger partial charge is 0.0810 e. The molecule has 2 heteroatoms. The molecule has 0 saturated heterocycles. The van der Waals surface area contributed by atoms with Crippen molar-refractivity contribution in [1.82, 2.24) is 5.48 Å². The summed E-state index contributed by atoms with van der Waals surface area (Å²) >= 11 is 0. The second kappa shape index (κ2) is 5.69. The number of rotatable bonds is 5. The molecule has 0 aliphatic rings. The van der Waals surface area contributed by atoms with E-state index >= 15 is 0 Å². The van der Waals surface area contributed by atoms with E-state index in [1.54, 1.807) is 6.54 Å². The molecular weight excluding hydrogens is 126 g/mol. The van der Waals surface area contributed by atoms with Crippen LogP contribution in [0.25, 0.3) is 0 Å². The van der Waals surface area contributed by atoms with E-state index in [1.165, 1.54) is 0 Å². The zero-order valence-electron chi connectivity index (χ0n) is 7.35. The lowest BCUT2D eigenvalue weighted by Crippen LogP contribution is -2.25. The summed E-state index contributed by atoms with van der Waals surface area (Å²) in [5.74, 6) is 0.581. The van der Waals surface area contributed by atoms with Gasteiger partial charge in [-0.15, -0.1) is 0 Å². The minimum Gasteiger partial charge on any atom is -0.298 e. The van der Waals surface area contributed by atoms with Gasteiger partial charge in [0.15, 0.2) is 0 Å². The van der Waals surface area contributed by atoms with E-state index in [4.69, 9.17) is 4.84 Å². The highest BCUT2D eigenvalue weighted by Crippen LogP contribution is 2.08. The predicted octanol–water partition coefficient (Wildman–Crippen LogP) is 2.12. The van der Waals surface area contributed by atoms with Gasteiger partial charge >= 0.3 is 0 Å². The lowest BCUT2D eigenvalue weighted by molar-refractivity contribution is -0.0363. The van der Waals surface area contributed by atoms with E-state index in [1.807, 2.05) is 6.92 Å². The molecule has 0 aromatic carbocycles. The van der Waals surface area contributed by atoms with Crippen molar-refractivity contribution >= 4 is 0 Å². The first-order chi connectivity index (χ1) is 4.72. The second-order valence-corrected chi connectivity index (χ2v) is 2.72. The summed E-state index contributed by atoms with van der Waals surface area (Å²) in [5.41, 5.74) is 2.76. The van der Waals surface area contributed by atoms with E-state index in [9.17, 15) is 0 Å². The summed E-state index contributed by atoms with van der Waals surface area (Å²) in [6.07, 6.45) is 1.38. The third-order valence-corrected chi connectivity index (χ3v) is 1.48. The van der Waals surface area contributed by atoms with Crippen LogP contribution in [0.15, 0.2) is 0 Å². The largest absolute Gasteiger partial charge is 0.298 e. The summed E-state index contributed by atoms with van der Waals surface area (Å²) in [6, 6.07) is 0. The zero-order chi connectivity index (χ0) is 7.98. The van der Waals surface area contributed by atoms with Crippen molar-refractivity contribution in [3.8, 4) is 0 Å². The van der Waals surface area contributed by atoms with Gasteiger partial charge in [-0.3, -0.25) is 4.84 Å². The second-order valence-electron chi connectivity index (χ2n) is 2.72. The normalized spacial score (nSPS) is 14.1. The lowest BCUT2D eigenvalue weighted by Gasteiger charge is -2.18. The van der Waals surface area contributed by atoms with Crippen molar-refractivity contribution < 1.29 is 4.84 Å². The topological polar surface area (TPSA) is 21.3 Å². The standard InChI is InChI=1S/C8H18NO/c1-5-8(7(3)4)10-9-6-2/h6-9H,5H2,1-4H3. The molecule has 1 N–H and O–H groups in total. The molecule has 1 unspecified atom stereocenters. The number of nitrogens with one attached hydrogen (secondary N) is 1. The van der Waals surface area contributed by atoms with Crippen LogP contribution in [0, 0.1) is 12.5 Å². The van der Waals surface area contributed by atoms with E-state index in [0.717, 1.165) is 6.42 Å². The minimum absolute atomic E-state index is 0.330. The van der Waals surface area contributed by atoms with Gasteiger partial charge in [-0.25, -0.2) is 0 Å². The Labute approximate surface area is 63.9 Å². The molecule has 1 atom stereocenters. The first-order valence-corrected chi connectivity index (χ1v) is 3.91. The molecule has 0 amide bonds. The van der Waals surface area contributed by atoms with Gasteiger partial charge in [0, 0.05) is 6.54 Å². The molecule has 10 heavy (non-hydrogen) atoms. The molecule has 0 aliphatic heterocycles. The van der Waals surface area contributed by atoms with Gasteiger partial charge in [0.25, 0.3) is 0 Å². The van der Waals surface area contributed by atoms with E-state index in [0.29, 0.717) is 12.0 Å². The maximum atomic E-state index is 5.30. The Morgan fingerprint density at radius 2 is 2.10 bits per heavy atom. The number of hydrogen-bond acceptors (Lipinski definition) is 2. The Balaban J connectivity index is 3.40. The molecule has 0 bridgehead atoms. The van der Waals surface area contributed by atoms with Crippen molar-refractivity contribution in [3.63, 3.8) is 0 Å². The molecule has 61 valence electrons. The van der Waals surface area contributed by atoms with Crippen LogP contribution in [0.4, 0.5) is 0 Å². The van der Waals surface area contributed by atoms with Gasteiger partial charge in [0.2, 0.25) is 0 Å². The van der Waals surface area contributed by atoms with Gasteiger partial charge in [-0.1, -0.05) is 20.8 Å². The fourth-order valence-electron chi connectivity index (χ4n) is 0.846. The van der Waals surface area contributed by atoms with Crippen LogP contribution in [-0.4, -0.2) is 6.10 Å². The Hall–Kier alpha value is -0.0800. The van der Waals surface area contributed by atoms with Crippen LogP contribution in [0.2, 0.25) is 0 Å². The minimum atomic E-state index is 0.330. The Morgan fingerprint density at radius 1 is 1.50 bits per heavy atom. The van der Waals surface area contributed by atoms with Crippen LogP contribution in [0.1, 0.15) is 34.1 Å². The molecule has 0 aromatic rings. The van der Waals surface area contributed by atoms with Crippen LogP contribution in [-0.2, 0) is 4.84 Å². The van der Waals surface area contributed by atoms with Crippen molar-refractivity contribution in [1.29, 1.82) is 0 Å². The molecule has 0 rings (SSSR count). The first kappa shape index (κ1) is 9.92. The quantitative estimate of drug-likeness (QED) is 0.597. The fraction of sp³-hybridized carbons (Fsp3) is 0.875. The van der Waals surface area contributed by atoms with Gasteiger partial charge < -0.3 is 0 Å². The van der Waals surface area contributed by atoms with Crippen LogP contribution in [0.3, 0.4) is 0 Å².